The van der Waals surface area contributed by atoms with E-state index in [2.05, 4.69) is 44.3 Å². The highest BCUT2D eigenvalue weighted by Gasteiger charge is 2.11. The monoisotopic (exact) mass is 285 g/mol. The van der Waals surface area contributed by atoms with Gasteiger partial charge in [0.05, 0.1) is 0 Å². The second kappa shape index (κ2) is 6.05. The van der Waals surface area contributed by atoms with Crippen LogP contribution >= 0.6 is 0 Å². The average Bonchev–Trinajstić information content (AvgIpc) is 3.05. The van der Waals surface area contributed by atoms with E-state index in [0.29, 0.717) is 18.3 Å². The number of aromatic nitrogens is 4. The molecule has 0 aliphatic heterocycles. The molecule has 3 rings (SSSR count). The minimum Gasteiger partial charge on any atom is -0.424 e. The summed E-state index contributed by atoms with van der Waals surface area (Å²) in [6.45, 7) is 6.35. The minimum absolute atomic E-state index is 0.544. The summed E-state index contributed by atoms with van der Waals surface area (Å²) in [6, 6.07) is 4.06. The molecule has 0 saturated carbocycles. The molecule has 21 heavy (non-hydrogen) atoms. The summed E-state index contributed by atoms with van der Waals surface area (Å²) < 4.78 is 7.52. The number of hydrogen-bond donors (Lipinski definition) is 1. The highest BCUT2D eigenvalue weighted by Crippen LogP contribution is 2.20. The predicted molar refractivity (Wildman–Crippen MR) is 79.9 cm³/mol. The van der Waals surface area contributed by atoms with Gasteiger partial charge in [0.1, 0.15) is 12.2 Å². The topological polar surface area (TPSA) is 68.8 Å². The maximum atomic E-state index is 5.46. The van der Waals surface area contributed by atoms with E-state index in [-0.39, 0.29) is 0 Å². The Morgan fingerprint density at radius 3 is 3.00 bits per heavy atom. The zero-order chi connectivity index (χ0) is 14.7. The average molecular weight is 285 g/mol. The smallest absolute Gasteiger partial charge is 0.236 e. The van der Waals surface area contributed by atoms with Crippen LogP contribution in [0.5, 0.6) is 0 Å². The predicted octanol–water partition coefficient (Wildman–Crippen LogP) is 2.28. The highest BCUT2D eigenvalue weighted by atomic mass is 16.4. The number of fused-ring (bicyclic) bond motifs is 1. The Kier molecular flexibility index (Phi) is 3.96. The van der Waals surface area contributed by atoms with Crippen molar-refractivity contribution in [3.05, 3.63) is 41.9 Å². The van der Waals surface area contributed by atoms with Crippen molar-refractivity contribution in [3.8, 4) is 0 Å². The van der Waals surface area contributed by atoms with E-state index < -0.39 is 0 Å². The van der Waals surface area contributed by atoms with Gasteiger partial charge in [-0.25, -0.2) is 4.98 Å². The van der Waals surface area contributed by atoms with E-state index in [1.807, 2.05) is 6.07 Å². The Balaban J connectivity index is 1.90. The van der Waals surface area contributed by atoms with Crippen LogP contribution in [0.15, 0.2) is 28.9 Å². The van der Waals surface area contributed by atoms with Gasteiger partial charge in [0.15, 0.2) is 0 Å². The van der Waals surface area contributed by atoms with Crippen LogP contribution in [0.3, 0.4) is 0 Å². The zero-order valence-electron chi connectivity index (χ0n) is 12.3. The van der Waals surface area contributed by atoms with Gasteiger partial charge in [-0.05, 0) is 30.7 Å². The molecule has 0 atom stereocenters. The molecule has 110 valence electrons. The third-order valence-electron chi connectivity index (χ3n) is 3.33. The van der Waals surface area contributed by atoms with E-state index in [1.54, 1.807) is 13.1 Å². The van der Waals surface area contributed by atoms with E-state index >= 15 is 0 Å². The van der Waals surface area contributed by atoms with Gasteiger partial charge in [-0.1, -0.05) is 6.92 Å². The summed E-state index contributed by atoms with van der Waals surface area (Å²) in [4.78, 5) is 4.48. The molecule has 0 fully saturated rings. The summed E-state index contributed by atoms with van der Waals surface area (Å²) in [5.74, 6) is 1.18. The Labute approximate surface area is 123 Å². The van der Waals surface area contributed by atoms with E-state index in [4.69, 9.17) is 4.42 Å². The van der Waals surface area contributed by atoms with Crippen molar-refractivity contribution in [2.24, 2.45) is 0 Å². The normalized spacial score (nSPS) is 11.3. The van der Waals surface area contributed by atoms with Crippen LogP contribution in [-0.4, -0.2) is 26.3 Å². The summed E-state index contributed by atoms with van der Waals surface area (Å²) in [7, 11) is 0. The fourth-order valence-corrected chi connectivity index (χ4v) is 2.40. The molecule has 0 radical (unpaired) electrons. The molecule has 6 heteroatoms. The molecule has 1 N–H and O–H groups in total. The van der Waals surface area contributed by atoms with Crippen LogP contribution in [0, 0.1) is 6.92 Å². The second-order valence-corrected chi connectivity index (χ2v) is 5.05. The summed E-state index contributed by atoms with van der Waals surface area (Å²) in [6.07, 6.45) is 5.04. The lowest BCUT2D eigenvalue weighted by molar-refractivity contribution is 0.456. The van der Waals surface area contributed by atoms with E-state index in [9.17, 15) is 0 Å². The summed E-state index contributed by atoms with van der Waals surface area (Å²) in [5.41, 5.74) is 2.18. The van der Waals surface area contributed by atoms with Gasteiger partial charge in [-0.3, -0.25) is 0 Å². The van der Waals surface area contributed by atoms with E-state index in [1.165, 1.54) is 5.56 Å². The molecule has 0 amide bonds. The Bertz CT molecular complexity index is 731. The second-order valence-electron chi connectivity index (χ2n) is 5.05. The Morgan fingerprint density at radius 2 is 2.24 bits per heavy atom. The first-order chi connectivity index (χ1) is 10.3. The third kappa shape index (κ3) is 2.95. The third-order valence-corrected chi connectivity index (χ3v) is 3.33. The SMILES string of the molecule is CCCNCc1cn(Cc2nnc(C)o2)c2ncccc12. The number of pyridine rings is 1. The standard InChI is InChI=1S/C15H19N5O/c1-3-6-16-8-12-9-20(10-14-19-18-11(2)21-14)15-13(12)5-4-7-17-15/h4-5,7,9,16H,3,6,8,10H2,1-2H3. The molecule has 0 bridgehead atoms. The molecular weight excluding hydrogens is 266 g/mol. The van der Waals surface area contributed by atoms with Crippen molar-refractivity contribution in [1.82, 2.24) is 25.1 Å². The number of nitrogens with zero attached hydrogens (tertiary/aromatic N) is 4. The number of hydrogen-bond acceptors (Lipinski definition) is 5. The van der Waals surface area contributed by atoms with Crippen molar-refractivity contribution in [2.75, 3.05) is 6.54 Å². The van der Waals surface area contributed by atoms with Crippen LogP contribution in [-0.2, 0) is 13.1 Å². The zero-order valence-corrected chi connectivity index (χ0v) is 12.3. The first-order valence-corrected chi connectivity index (χ1v) is 7.20. The van der Waals surface area contributed by atoms with E-state index in [0.717, 1.165) is 30.5 Å². The van der Waals surface area contributed by atoms with Gasteiger partial charge in [0.2, 0.25) is 11.8 Å². The molecule has 0 spiro atoms. The van der Waals surface area contributed by atoms with Gasteiger partial charge < -0.3 is 14.3 Å². The molecule has 0 aliphatic rings. The quantitative estimate of drug-likeness (QED) is 0.704. The van der Waals surface area contributed by atoms with Gasteiger partial charge in [-0.15, -0.1) is 10.2 Å². The first kappa shape index (κ1) is 13.8. The number of rotatable bonds is 6. The van der Waals surface area contributed by atoms with Crippen LogP contribution in [0.1, 0.15) is 30.7 Å². The van der Waals surface area contributed by atoms with Gasteiger partial charge in [0, 0.05) is 31.2 Å². The van der Waals surface area contributed by atoms with Crippen molar-refractivity contribution >= 4 is 11.0 Å². The molecule has 3 aromatic heterocycles. The maximum Gasteiger partial charge on any atom is 0.236 e. The fraction of sp³-hybridized carbons (Fsp3) is 0.400. The molecule has 6 nitrogen and oxygen atoms in total. The highest BCUT2D eigenvalue weighted by molar-refractivity contribution is 5.80. The molecule has 3 aromatic rings. The van der Waals surface area contributed by atoms with Gasteiger partial charge in [0.25, 0.3) is 0 Å². The Hall–Kier alpha value is -2.21. The lowest BCUT2D eigenvalue weighted by Gasteiger charge is -2.00. The van der Waals surface area contributed by atoms with Crippen molar-refractivity contribution in [3.63, 3.8) is 0 Å². The first-order valence-electron chi connectivity index (χ1n) is 7.20. The maximum absolute atomic E-state index is 5.46. The number of aryl methyl sites for hydroxylation is 1. The lowest BCUT2D eigenvalue weighted by atomic mass is 10.2. The minimum atomic E-state index is 0.544. The molecule has 0 unspecified atom stereocenters. The van der Waals surface area contributed by atoms with Crippen LogP contribution < -0.4 is 5.32 Å². The van der Waals surface area contributed by atoms with Crippen LogP contribution in [0.4, 0.5) is 0 Å². The molecular formula is C15H19N5O. The van der Waals surface area contributed by atoms with Crippen LogP contribution in [0.2, 0.25) is 0 Å². The summed E-state index contributed by atoms with van der Waals surface area (Å²) in [5, 5.41) is 12.5. The molecule has 0 saturated heterocycles. The van der Waals surface area contributed by atoms with Gasteiger partial charge >= 0.3 is 0 Å². The molecule has 0 aromatic carbocycles. The van der Waals surface area contributed by atoms with Crippen molar-refractivity contribution < 1.29 is 4.42 Å². The van der Waals surface area contributed by atoms with Crippen molar-refractivity contribution in [2.45, 2.75) is 33.4 Å². The summed E-state index contributed by atoms with van der Waals surface area (Å²) >= 11 is 0. The number of nitrogens with one attached hydrogen (secondary N) is 1. The largest absolute Gasteiger partial charge is 0.424 e. The van der Waals surface area contributed by atoms with Gasteiger partial charge in [-0.2, -0.15) is 0 Å². The molecule has 3 heterocycles. The lowest BCUT2D eigenvalue weighted by Crippen LogP contribution is -2.13. The molecule has 0 aliphatic carbocycles. The van der Waals surface area contributed by atoms with Crippen molar-refractivity contribution in [1.29, 1.82) is 0 Å². The Morgan fingerprint density at radius 1 is 1.33 bits per heavy atom. The fourth-order valence-electron chi connectivity index (χ4n) is 2.40. The van der Waals surface area contributed by atoms with Crippen LogP contribution in [0.25, 0.3) is 11.0 Å².